The minimum absolute atomic E-state index is 0.187. The van der Waals surface area contributed by atoms with Crippen LogP contribution >= 0.6 is 0 Å². The number of rotatable bonds is 9. The maximum Gasteiger partial charge on any atom is 0.253 e. The molecule has 3 heterocycles. The molecule has 0 saturated heterocycles. The standard InChI is InChI=1S/C27H25N7O2/c35-16-21(13-20-15-28-17-30-20)32-27(36)23-6-1-2-7-24(23)31-19-8-10-22-25(33-34-26(22)14-19)11-9-18-5-3-4-12-29-18/h1-12,14-15,17,21,31,35H,13,16H2,(H,28,30)(H,32,36)(H,33,34)/b11-9+/t21-/m0/s1. The van der Waals surface area contributed by atoms with Gasteiger partial charge in [-0.3, -0.25) is 14.9 Å². The fourth-order valence-electron chi connectivity index (χ4n) is 3.92. The number of hydrogen-bond donors (Lipinski definition) is 5. The van der Waals surface area contributed by atoms with Gasteiger partial charge >= 0.3 is 0 Å². The monoisotopic (exact) mass is 479 g/mol. The Morgan fingerprint density at radius 2 is 1.97 bits per heavy atom. The zero-order valence-corrected chi connectivity index (χ0v) is 19.3. The minimum atomic E-state index is -0.440. The molecule has 9 heteroatoms. The van der Waals surface area contributed by atoms with Gasteiger partial charge in [-0.15, -0.1) is 0 Å². The molecule has 36 heavy (non-hydrogen) atoms. The number of pyridine rings is 1. The molecule has 2 aromatic carbocycles. The molecule has 0 aliphatic heterocycles. The predicted molar refractivity (Wildman–Crippen MR) is 140 cm³/mol. The molecule has 5 rings (SSSR count). The molecule has 0 aliphatic carbocycles. The lowest BCUT2D eigenvalue weighted by Gasteiger charge is -2.17. The summed E-state index contributed by atoms with van der Waals surface area (Å²) in [5, 5.41) is 24.4. The zero-order chi connectivity index (χ0) is 24.7. The Kier molecular flexibility index (Phi) is 6.81. The number of imidazole rings is 1. The fraction of sp³-hybridized carbons (Fsp3) is 0.111. The molecule has 0 aliphatic rings. The Morgan fingerprint density at radius 3 is 2.78 bits per heavy atom. The highest BCUT2D eigenvalue weighted by Gasteiger charge is 2.17. The Labute approximate surface area is 207 Å². The van der Waals surface area contributed by atoms with Gasteiger partial charge < -0.3 is 20.7 Å². The van der Waals surface area contributed by atoms with Crippen molar-refractivity contribution in [2.24, 2.45) is 0 Å². The van der Waals surface area contributed by atoms with Crippen molar-refractivity contribution in [3.05, 3.63) is 102 Å². The molecule has 1 amide bonds. The first-order valence-corrected chi connectivity index (χ1v) is 11.5. The van der Waals surface area contributed by atoms with Gasteiger partial charge in [0, 0.05) is 35.6 Å². The third kappa shape index (κ3) is 5.31. The molecule has 0 radical (unpaired) electrons. The van der Waals surface area contributed by atoms with E-state index in [0.717, 1.165) is 33.7 Å². The number of carbonyl (C=O) groups excluding carboxylic acids is 1. The molecular weight excluding hydrogens is 454 g/mol. The van der Waals surface area contributed by atoms with Gasteiger partial charge in [0.1, 0.15) is 0 Å². The Hall–Kier alpha value is -4.76. The van der Waals surface area contributed by atoms with E-state index in [1.807, 2.05) is 60.7 Å². The molecule has 0 bridgehead atoms. The van der Waals surface area contributed by atoms with E-state index in [1.165, 1.54) is 0 Å². The summed E-state index contributed by atoms with van der Waals surface area (Å²) in [5.74, 6) is -0.277. The highest BCUT2D eigenvalue weighted by atomic mass is 16.3. The van der Waals surface area contributed by atoms with E-state index in [0.29, 0.717) is 17.7 Å². The summed E-state index contributed by atoms with van der Waals surface area (Å²) in [6.45, 7) is -0.187. The van der Waals surface area contributed by atoms with Gasteiger partial charge in [0.05, 0.1) is 47.1 Å². The van der Waals surface area contributed by atoms with Crippen LogP contribution in [0.15, 0.2) is 79.4 Å². The fourth-order valence-corrected chi connectivity index (χ4v) is 3.92. The van der Waals surface area contributed by atoms with Gasteiger partial charge in [-0.05, 0) is 54.6 Å². The first kappa shape index (κ1) is 23.0. The zero-order valence-electron chi connectivity index (χ0n) is 19.3. The number of anilines is 2. The third-order valence-electron chi connectivity index (χ3n) is 5.72. The molecule has 9 nitrogen and oxygen atoms in total. The second kappa shape index (κ2) is 10.7. The minimum Gasteiger partial charge on any atom is -0.394 e. The number of hydrogen-bond acceptors (Lipinski definition) is 6. The molecule has 180 valence electrons. The van der Waals surface area contributed by atoms with Crippen LogP contribution < -0.4 is 10.6 Å². The van der Waals surface area contributed by atoms with Crippen LogP contribution in [0.4, 0.5) is 11.4 Å². The molecule has 5 aromatic rings. The molecule has 1 atom stereocenters. The molecule has 3 aromatic heterocycles. The van der Waals surface area contributed by atoms with Crippen LogP contribution in [-0.4, -0.2) is 48.8 Å². The number of carbonyl (C=O) groups is 1. The number of amides is 1. The molecule has 0 fully saturated rings. The largest absolute Gasteiger partial charge is 0.394 e. The number of para-hydroxylation sites is 1. The van der Waals surface area contributed by atoms with E-state index in [2.05, 4.69) is 35.8 Å². The number of nitrogens with zero attached hydrogens (tertiary/aromatic N) is 3. The van der Waals surface area contributed by atoms with Crippen molar-refractivity contribution in [2.75, 3.05) is 11.9 Å². The number of aromatic amines is 2. The number of aliphatic hydroxyl groups excluding tert-OH is 1. The summed E-state index contributed by atoms with van der Waals surface area (Å²) in [6.07, 6.45) is 9.29. The lowest BCUT2D eigenvalue weighted by atomic mass is 10.1. The molecule has 0 saturated carbocycles. The average molecular weight is 480 g/mol. The lowest BCUT2D eigenvalue weighted by molar-refractivity contribution is 0.0917. The van der Waals surface area contributed by atoms with Gasteiger partial charge in [0.25, 0.3) is 5.91 Å². The topological polar surface area (TPSA) is 132 Å². The number of fused-ring (bicyclic) bond motifs is 1. The normalized spacial score (nSPS) is 12.1. The Bertz CT molecular complexity index is 1480. The quantitative estimate of drug-likeness (QED) is 0.218. The Balaban J connectivity index is 1.32. The first-order chi connectivity index (χ1) is 17.7. The van der Waals surface area contributed by atoms with Gasteiger partial charge in [-0.1, -0.05) is 18.2 Å². The second-order valence-electron chi connectivity index (χ2n) is 8.26. The van der Waals surface area contributed by atoms with Crippen LogP contribution in [-0.2, 0) is 6.42 Å². The Morgan fingerprint density at radius 1 is 1.08 bits per heavy atom. The van der Waals surface area contributed by atoms with E-state index in [-0.39, 0.29) is 12.5 Å². The molecular formula is C27H25N7O2. The highest BCUT2D eigenvalue weighted by molar-refractivity contribution is 6.01. The second-order valence-corrected chi connectivity index (χ2v) is 8.26. The number of nitrogens with one attached hydrogen (secondary N) is 4. The van der Waals surface area contributed by atoms with Crippen molar-refractivity contribution in [3.8, 4) is 0 Å². The highest BCUT2D eigenvalue weighted by Crippen LogP contribution is 2.26. The average Bonchev–Trinajstić information content (AvgIpc) is 3.57. The molecule has 0 unspecified atom stereocenters. The van der Waals surface area contributed by atoms with E-state index < -0.39 is 6.04 Å². The van der Waals surface area contributed by atoms with Crippen molar-refractivity contribution in [1.82, 2.24) is 30.5 Å². The summed E-state index contributed by atoms with van der Waals surface area (Å²) in [5.41, 5.74) is 5.31. The van der Waals surface area contributed by atoms with Crippen molar-refractivity contribution >= 4 is 40.3 Å². The SMILES string of the molecule is O=C(N[C@H](CO)Cc1cnc[nH]1)c1ccccc1Nc1ccc2c(/C=C/c3ccccn3)n[nH]c2c1. The van der Waals surface area contributed by atoms with Crippen LogP contribution in [0.2, 0.25) is 0 Å². The lowest BCUT2D eigenvalue weighted by Crippen LogP contribution is -2.39. The summed E-state index contributed by atoms with van der Waals surface area (Å²) >= 11 is 0. The number of benzene rings is 2. The van der Waals surface area contributed by atoms with Crippen molar-refractivity contribution in [2.45, 2.75) is 12.5 Å². The maximum atomic E-state index is 13.0. The maximum absolute atomic E-state index is 13.0. The number of aliphatic hydroxyl groups is 1. The summed E-state index contributed by atoms with van der Waals surface area (Å²) in [6, 6.07) is 18.4. The van der Waals surface area contributed by atoms with E-state index >= 15 is 0 Å². The van der Waals surface area contributed by atoms with Crippen molar-refractivity contribution in [1.29, 1.82) is 0 Å². The number of aromatic nitrogens is 5. The first-order valence-electron chi connectivity index (χ1n) is 11.5. The van der Waals surface area contributed by atoms with Gasteiger partial charge in [-0.2, -0.15) is 5.10 Å². The van der Waals surface area contributed by atoms with Crippen LogP contribution in [0.5, 0.6) is 0 Å². The van der Waals surface area contributed by atoms with Crippen LogP contribution in [0.3, 0.4) is 0 Å². The van der Waals surface area contributed by atoms with E-state index in [9.17, 15) is 9.90 Å². The van der Waals surface area contributed by atoms with Crippen LogP contribution in [0, 0.1) is 0 Å². The van der Waals surface area contributed by atoms with E-state index in [4.69, 9.17) is 0 Å². The molecule has 5 N–H and O–H groups in total. The van der Waals surface area contributed by atoms with Gasteiger partial charge in [0.15, 0.2) is 0 Å². The van der Waals surface area contributed by atoms with Crippen LogP contribution in [0.25, 0.3) is 23.1 Å². The van der Waals surface area contributed by atoms with Crippen molar-refractivity contribution in [3.63, 3.8) is 0 Å². The molecule has 0 spiro atoms. The summed E-state index contributed by atoms with van der Waals surface area (Å²) < 4.78 is 0. The summed E-state index contributed by atoms with van der Waals surface area (Å²) in [4.78, 5) is 24.3. The van der Waals surface area contributed by atoms with E-state index in [1.54, 1.807) is 30.9 Å². The summed E-state index contributed by atoms with van der Waals surface area (Å²) in [7, 11) is 0. The smallest absolute Gasteiger partial charge is 0.253 e. The van der Waals surface area contributed by atoms with Crippen molar-refractivity contribution < 1.29 is 9.90 Å². The van der Waals surface area contributed by atoms with Crippen LogP contribution in [0.1, 0.15) is 27.4 Å². The third-order valence-corrected chi connectivity index (χ3v) is 5.72. The number of H-pyrrole nitrogens is 2. The van der Waals surface area contributed by atoms with Gasteiger partial charge in [0.2, 0.25) is 0 Å². The van der Waals surface area contributed by atoms with Gasteiger partial charge in [-0.25, -0.2) is 4.98 Å². The predicted octanol–water partition coefficient (Wildman–Crippen LogP) is 3.93.